The fourth-order valence-electron chi connectivity index (χ4n) is 6.07. The molecule has 0 aromatic carbocycles. The molecule has 2 aromatic rings. The highest BCUT2D eigenvalue weighted by Crippen LogP contribution is 2.61. The van der Waals surface area contributed by atoms with E-state index in [2.05, 4.69) is 48.3 Å². The first kappa shape index (κ1) is 53.9. The van der Waals surface area contributed by atoms with Crippen molar-refractivity contribution in [2.75, 3.05) is 37.8 Å². The predicted molar refractivity (Wildman–Crippen MR) is 223 cm³/mol. The fourth-order valence-corrected chi connectivity index (χ4v) is 9.62. The zero-order valence-electron chi connectivity index (χ0n) is 35.0. The molecule has 1 fully saturated rings. The number of aliphatic hydroxyl groups excluding tert-OH is 2. The van der Waals surface area contributed by atoms with Gasteiger partial charge in [-0.15, -0.1) is 0 Å². The molecule has 28 heteroatoms. The summed E-state index contributed by atoms with van der Waals surface area (Å²) in [5.74, 6) is -0.288. The molecule has 1 aliphatic heterocycles. The molecule has 2 aromatic heterocycles. The molecule has 1 aliphatic rings. The van der Waals surface area contributed by atoms with E-state index in [0.29, 0.717) is 12.2 Å². The van der Waals surface area contributed by atoms with Gasteiger partial charge in [-0.05, 0) is 12.3 Å². The molecule has 354 valence electrons. The number of hydrogen-bond donors (Lipinski definition) is 9. The molecule has 62 heavy (non-hydrogen) atoms. The topological polar surface area (TPSA) is 364 Å². The van der Waals surface area contributed by atoms with Crippen LogP contribution in [0.2, 0.25) is 0 Å². The van der Waals surface area contributed by atoms with Gasteiger partial charge in [0.05, 0.1) is 19.5 Å². The number of phosphoric ester groups is 3. The molecular weight excluding hydrogens is 903 g/mol. The summed E-state index contributed by atoms with van der Waals surface area (Å²) in [5.41, 5.74) is 4.28. The number of amides is 2. The second kappa shape index (κ2) is 24.7. The number of fused-ring (bicyclic) bond motifs is 1. The third kappa shape index (κ3) is 18.6. The lowest BCUT2D eigenvalue weighted by molar-refractivity contribution is -0.137. The molecule has 7 atom stereocenters. The van der Waals surface area contributed by atoms with Gasteiger partial charge in [-0.3, -0.25) is 32.5 Å². The maximum Gasteiger partial charge on any atom is 0.481 e. The van der Waals surface area contributed by atoms with Gasteiger partial charge in [-0.1, -0.05) is 84.4 Å². The molecule has 0 radical (unpaired) electrons. The number of thioether (sulfide) groups is 1. The van der Waals surface area contributed by atoms with E-state index < -0.39 is 84.6 Å². The van der Waals surface area contributed by atoms with Crippen LogP contribution in [-0.2, 0) is 50.7 Å². The number of nitrogen functional groups attached to an aromatic ring is 1. The molecule has 10 N–H and O–H groups in total. The first-order chi connectivity index (χ1) is 28.9. The van der Waals surface area contributed by atoms with Crippen LogP contribution in [0.4, 0.5) is 5.82 Å². The van der Waals surface area contributed by atoms with E-state index in [9.17, 15) is 57.9 Å². The monoisotopic (exact) mass is 963 g/mol. The summed E-state index contributed by atoms with van der Waals surface area (Å²) >= 11 is 1.15. The maximum absolute atomic E-state index is 12.7. The summed E-state index contributed by atoms with van der Waals surface area (Å²) in [5, 5.41) is 26.6. The molecule has 7 unspecified atom stereocenters. The van der Waals surface area contributed by atoms with Gasteiger partial charge in [-0.2, -0.15) is 4.31 Å². The average molecular weight is 964 g/mol. The zero-order valence-corrected chi connectivity index (χ0v) is 38.5. The highest BCUT2D eigenvalue weighted by molar-refractivity contribution is 8.13. The van der Waals surface area contributed by atoms with E-state index in [4.69, 9.17) is 19.5 Å². The predicted octanol–water partition coefficient (Wildman–Crippen LogP) is 2.83. The summed E-state index contributed by atoms with van der Waals surface area (Å²) < 4.78 is 62.3. The Kier molecular flexibility index (Phi) is 21.5. The van der Waals surface area contributed by atoms with Gasteiger partial charge in [-0.25, -0.2) is 28.6 Å². The van der Waals surface area contributed by atoms with Crippen molar-refractivity contribution in [3.63, 3.8) is 0 Å². The van der Waals surface area contributed by atoms with Crippen LogP contribution in [0.1, 0.15) is 98.1 Å². The van der Waals surface area contributed by atoms with Crippen LogP contribution in [0.15, 0.2) is 12.7 Å². The quantitative estimate of drug-likeness (QED) is 0.0418. The molecule has 0 bridgehead atoms. The lowest BCUT2D eigenvalue weighted by Crippen LogP contribution is -2.46. The Balaban J connectivity index is 1.37. The Hall–Kier alpha value is -2.44. The minimum absolute atomic E-state index is 0.0331. The van der Waals surface area contributed by atoms with Crippen molar-refractivity contribution in [3.05, 3.63) is 12.7 Å². The maximum atomic E-state index is 12.7. The number of carbonyl (C=O) groups is 3. The van der Waals surface area contributed by atoms with E-state index in [1.165, 1.54) is 46.0 Å². The highest BCUT2D eigenvalue weighted by atomic mass is 32.2. The number of unbranched alkanes of at least 4 members (excludes halogenated alkanes) is 6. The van der Waals surface area contributed by atoms with Gasteiger partial charge >= 0.3 is 23.5 Å². The number of nitrogens with two attached hydrogens (primary N) is 1. The van der Waals surface area contributed by atoms with Crippen LogP contribution in [0.25, 0.3) is 11.2 Å². The number of aliphatic hydroxyl groups is 2. The smallest absolute Gasteiger partial charge is 0.386 e. The number of aromatic nitrogens is 4. The second-order valence-electron chi connectivity index (χ2n) is 15.7. The Morgan fingerprint density at radius 3 is 2.24 bits per heavy atom. The van der Waals surface area contributed by atoms with Crippen molar-refractivity contribution in [1.82, 2.24) is 30.2 Å². The highest BCUT2D eigenvalue weighted by Gasteiger charge is 2.50. The number of ether oxygens (including phenoxy) is 1. The van der Waals surface area contributed by atoms with Crippen LogP contribution in [0.5, 0.6) is 0 Å². The van der Waals surface area contributed by atoms with Crippen molar-refractivity contribution in [3.8, 4) is 0 Å². The zero-order chi connectivity index (χ0) is 46.3. The molecule has 24 nitrogen and oxygen atoms in total. The van der Waals surface area contributed by atoms with Gasteiger partial charge in [0.2, 0.25) is 11.8 Å². The van der Waals surface area contributed by atoms with Gasteiger partial charge in [0.15, 0.2) is 22.8 Å². The summed E-state index contributed by atoms with van der Waals surface area (Å²) in [6, 6.07) is 0. The summed E-state index contributed by atoms with van der Waals surface area (Å²) in [6.45, 7) is 5.03. The van der Waals surface area contributed by atoms with E-state index >= 15 is 0 Å². The van der Waals surface area contributed by atoms with Crippen LogP contribution in [0.3, 0.4) is 0 Å². The van der Waals surface area contributed by atoms with Crippen LogP contribution >= 0.6 is 35.2 Å². The Bertz CT molecular complexity index is 1920. The Morgan fingerprint density at radius 2 is 1.58 bits per heavy atom. The number of rotatable bonds is 29. The first-order valence-corrected chi connectivity index (χ1v) is 25.5. The largest absolute Gasteiger partial charge is 0.481 e. The van der Waals surface area contributed by atoms with Gasteiger partial charge in [0.25, 0.3) is 0 Å². The molecule has 0 spiro atoms. The van der Waals surface area contributed by atoms with Gasteiger partial charge < -0.3 is 50.9 Å². The summed E-state index contributed by atoms with van der Waals surface area (Å²) in [6.07, 6.45) is 2.73. The second-order valence-corrected chi connectivity index (χ2v) is 21.1. The van der Waals surface area contributed by atoms with Crippen LogP contribution in [-0.4, -0.2) is 123 Å². The minimum atomic E-state index is -5.57. The van der Waals surface area contributed by atoms with Crippen LogP contribution in [0, 0.1) is 11.3 Å². The number of imidazole rings is 1. The average Bonchev–Trinajstić information content (AvgIpc) is 3.73. The molecule has 3 rings (SSSR count). The number of carbonyl (C=O) groups excluding carboxylic acids is 3. The minimum Gasteiger partial charge on any atom is -0.386 e. The molecule has 3 heterocycles. The van der Waals surface area contributed by atoms with Crippen molar-refractivity contribution >= 4 is 69.1 Å². The van der Waals surface area contributed by atoms with E-state index in [-0.39, 0.29) is 41.6 Å². The Labute approximate surface area is 363 Å². The van der Waals surface area contributed by atoms with E-state index in [0.717, 1.165) is 54.2 Å². The third-order valence-electron chi connectivity index (χ3n) is 9.43. The summed E-state index contributed by atoms with van der Waals surface area (Å²) in [7, 11) is -16.4. The molecule has 2 amide bonds. The summed E-state index contributed by atoms with van der Waals surface area (Å²) in [4.78, 5) is 88.1. The fraction of sp³-hybridized carbons (Fsp3) is 0.765. The number of phosphoric acid groups is 3. The van der Waals surface area contributed by atoms with Gasteiger partial charge in [0.1, 0.15) is 36.3 Å². The molecular formula is C34H60N7O17P3S. The van der Waals surface area contributed by atoms with Crippen LogP contribution < -0.4 is 16.4 Å². The van der Waals surface area contributed by atoms with E-state index in [1.54, 1.807) is 0 Å². The van der Waals surface area contributed by atoms with Crippen molar-refractivity contribution < 1.29 is 80.5 Å². The normalized spacial score (nSPS) is 20.8. The third-order valence-corrected chi connectivity index (χ3v) is 13.5. The lowest BCUT2D eigenvalue weighted by atomic mass is 9.87. The van der Waals surface area contributed by atoms with Crippen molar-refractivity contribution in [2.24, 2.45) is 11.3 Å². The molecule has 0 aliphatic carbocycles. The van der Waals surface area contributed by atoms with Gasteiger partial charge in [0, 0.05) is 37.1 Å². The number of nitrogens with one attached hydrogen (secondary N) is 2. The SMILES string of the molecule is CC(C)CCCCCCCCCC(=O)SCCNC(=O)CCNC(=O)C(O)C(C)(C)COP(=O)(O)OP(=O)(O)OCC1OC(n2cnc3c(N)ncnc32)C(O)C1OP(=O)(O)O. The standard InChI is InChI=1S/C34H60N7O17P3S/c1-22(2)12-10-8-6-5-7-9-11-13-25(43)62-17-16-36-24(42)14-15-37-32(46)29(45)34(3,4)19-55-61(52,53)58-60(50,51)54-18-23-28(57-59(47,48)49)27(44)33(56-23)41-21-40-26-30(35)38-20-39-31(26)41/h20-23,27-29,33,44-45H,5-19H2,1-4H3,(H,36,42)(H,37,46)(H,50,51)(H,52,53)(H2,35,38,39)(H2,47,48,49). The number of nitrogens with zero attached hydrogens (tertiary/aromatic N) is 4. The number of hydrogen-bond acceptors (Lipinski definition) is 18. The lowest BCUT2D eigenvalue weighted by Gasteiger charge is -2.30. The molecule has 1 saturated heterocycles. The number of anilines is 1. The first-order valence-electron chi connectivity index (χ1n) is 20.0. The van der Waals surface area contributed by atoms with E-state index in [1.807, 2.05) is 0 Å². The van der Waals surface area contributed by atoms with Crippen molar-refractivity contribution in [2.45, 2.75) is 123 Å². The van der Waals surface area contributed by atoms with Crippen molar-refractivity contribution in [1.29, 1.82) is 0 Å². The molecule has 0 saturated carbocycles. The Morgan fingerprint density at radius 1 is 0.935 bits per heavy atom.